The zero-order chi connectivity index (χ0) is 18.2. The summed E-state index contributed by atoms with van der Waals surface area (Å²) in [5.41, 5.74) is 3.57. The lowest BCUT2D eigenvalue weighted by molar-refractivity contribution is 0.580. The number of sulfonamides is 1. The van der Waals surface area contributed by atoms with Crippen molar-refractivity contribution in [2.24, 2.45) is 0 Å². The van der Waals surface area contributed by atoms with Crippen molar-refractivity contribution in [2.45, 2.75) is 32.2 Å². The average Bonchev–Trinajstić information content (AvgIpc) is 2.53. The molecule has 25 heavy (non-hydrogen) atoms. The van der Waals surface area contributed by atoms with Crippen LogP contribution in [0.4, 0.5) is 0 Å². The summed E-state index contributed by atoms with van der Waals surface area (Å²) in [7, 11) is -3.69. The van der Waals surface area contributed by atoms with Crippen molar-refractivity contribution in [3.63, 3.8) is 0 Å². The van der Waals surface area contributed by atoms with Crippen LogP contribution < -0.4 is 10.3 Å². The minimum Gasteiger partial charge on any atom is -0.322 e. The van der Waals surface area contributed by atoms with Gasteiger partial charge < -0.3 is 4.98 Å². The predicted octanol–water partition coefficient (Wildman–Crippen LogP) is 2.93. The molecular formula is C19H20N2O3S. The van der Waals surface area contributed by atoms with Crippen LogP contribution in [0.2, 0.25) is 0 Å². The molecule has 0 aliphatic heterocycles. The fraction of sp³-hybridized carbons (Fsp3) is 0.211. The quantitative estimate of drug-likeness (QED) is 0.754. The van der Waals surface area contributed by atoms with Crippen LogP contribution in [0.15, 0.2) is 52.2 Å². The molecule has 130 valence electrons. The van der Waals surface area contributed by atoms with Gasteiger partial charge in [0.1, 0.15) is 0 Å². The first-order valence-corrected chi connectivity index (χ1v) is 9.44. The summed E-state index contributed by atoms with van der Waals surface area (Å²) in [5, 5.41) is 0.875. The van der Waals surface area contributed by atoms with E-state index < -0.39 is 10.0 Å². The smallest absolute Gasteiger partial charge is 0.252 e. The van der Waals surface area contributed by atoms with Crippen molar-refractivity contribution in [2.75, 3.05) is 0 Å². The number of pyridine rings is 1. The molecule has 2 aromatic carbocycles. The molecule has 0 bridgehead atoms. The molecule has 2 N–H and O–H groups in total. The SMILES string of the molecule is Cc1ccc(S(=O)(=O)NCc2cc3cc(C)ccc3[nH]c2=O)c(C)c1. The molecule has 0 unspecified atom stereocenters. The Morgan fingerprint density at radius 3 is 2.36 bits per heavy atom. The second-order valence-electron chi connectivity index (χ2n) is 6.31. The number of hydrogen-bond acceptors (Lipinski definition) is 3. The average molecular weight is 356 g/mol. The molecule has 0 aliphatic rings. The van der Waals surface area contributed by atoms with E-state index in [9.17, 15) is 13.2 Å². The fourth-order valence-corrected chi connectivity index (χ4v) is 4.08. The van der Waals surface area contributed by atoms with Crippen molar-refractivity contribution in [3.8, 4) is 0 Å². The largest absolute Gasteiger partial charge is 0.322 e. The lowest BCUT2D eigenvalue weighted by Crippen LogP contribution is -2.27. The van der Waals surface area contributed by atoms with E-state index in [-0.39, 0.29) is 17.0 Å². The summed E-state index contributed by atoms with van der Waals surface area (Å²) in [6.07, 6.45) is 0. The number of aromatic amines is 1. The Kier molecular flexibility index (Phi) is 4.49. The van der Waals surface area contributed by atoms with Gasteiger partial charge in [0, 0.05) is 17.6 Å². The number of aryl methyl sites for hydroxylation is 3. The van der Waals surface area contributed by atoms with Gasteiger partial charge in [-0.05, 0) is 56.0 Å². The maximum Gasteiger partial charge on any atom is 0.252 e. The Bertz CT molecular complexity index is 1120. The first-order valence-electron chi connectivity index (χ1n) is 7.96. The van der Waals surface area contributed by atoms with Crippen molar-refractivity contribution >= 4 is 20.9 Å². The van der Waals surface area contributed by atoms with Crippen molar-refractivity contribution in [3.05, 3.63) is 75.1 Å². The molecule has 1 heterocycles. The number of hydrogen-bond donors (Lipinski definition) is 2. The molecule has 3 rings (SSSR count). The van der Waals surface area contributed by atoms with E-state index in [4.69, 9.17) is 0 Å². The topological polar surface area (TPSA) is 79.0 Å². The van der Waals surface area contributed by atoms with Crippen molar-refractivity contribution < 1.29 is 8.42 Å². The second-order valence-corrected chi connectivity index (χ2v) is 8.04. The van der Waals surface area contributed by atoms with Gasteiger partial charge in [0.25, 0.3) is 5.56 Å². The number of H-pyrrole nitrogens is 1. The molecule has 0 saturated carbocycles. The van der Waals surface area contributed by atoms with Gasteiger partial charge >= 0.3 is 0 Å². The molecule has 6 heteroatoms. The summed E-state index contributed by atoms with van der Waals surface area (Å²) < 4.78 is 27.6. The summed E-state index contributed by atoms with van der Waals surface area (Å²) in [4.78, 5) is 15.2. The molecule has 3 aromatic rings. The van der Waals surface area contributed by atoms with E-state index in [1.165, 1.54) is 0 Å². The van der Waals surface area contributed by atoms with Gasteiger partial charge in [0.05, 0.1) is 4.90 Å². The molecule has 0 radical (unpaired) electrons. The fourth-order valence-electron chi connectivity index (χ4n) is 2.85. The third-order valence-electron chi connectivity index (χ3n) is 4.15. The lowest BCUT2D eigenvalue weighted by Gasteiger charge is -2.10. The molecule has 0 aliphatic carbocycles. The highest BCUT2D eigenvalue weighted by molar-refractivity contribution is 7.89. The van der Waals surface area contributed by atoms with Gasteiger partial charge in [0.15, 0.2) is 0 Å². The summed E-state index contributed by atoms with van der Waals surface area (Å²) in [5.74, 6) is 0. The van der Waals surface area contributed by atoms with Crippen molar-refractivity contribution in [1.82, 2.24) is 9.71 Å². The minimum atomic E-state index is -3.69. The Hall–Kier alpha value is -2.44. The van der Waals surface area contributed by atoms with E-state index >= 15 is 0 Å². The zero-order valence-electron chi connectivity index (χ0n) is 14.4. The third-order valence-corrected chi connectivity index (χ3v) is 5.71. The number of fused-ring (bicyclic) bond motifs is 1. The molecule has 0 saturated heterocycles. The Morgan fingerprint density at radius 2 is 1.64 bits per heavy atom. The van der Waals surface area contributed by atoms with E-state index in [0.29, 0.717) is 11.1 Å². The highest BCUT2D eigenvalue weighted by atomic mass is 32.2. The van der Waals surface area contributed by atoms with E-state index in [1.54, 1.807) is 25.1 Å². The number of rotatable bonds is 4. The Balaban J connectivity index is 1.91. The number of benzene rings is 2. The standard InChI is InChI=1S/C19H20N2O3S/c1-12-5-7-18(14(3)8-12)25(23,24)20-11-16-10-15-9-13(2)4-6-17(15)21-19(16)22/h4-10,20H,11H2,1-3H3,(H,21,22). The molecule has 0 amide bonds. The summed E-state index contributed by atoms with van der Waals surface area (Å²) in [6.45, 7) is 5.57. The lowest BCUT2D eigenvalue weighted by atomic mass is 10.1. The summed E-state index contributed by atoms with van der Waals surface area (Å²) >= 11 is 0. The molecule has 1 aromatic heterocycles. The van der Waals surface area contributed by atoms with Crippen LogP contribution in [0, 0.1) is 20.8 Å². The van der Waals surface area contributed by atoms with E-state index in [0.717, 1.165) is 22.0 Å². The molecular weight excluding hydrogens is 336 g/mol. The van der Waals surface area contributed by atoms with Gasteiger partial charge in [-0.3, -0.25) is 4.79 Å². The van der Waals surface area contributed by atoms with E-state index in [2.05, 4.69) is 9.71 Å². The monoisotopic (exact) mass is 356 g/mol. The molecule has 0 spiro atoms. The van der Waals surface area contributed by atoms with Crippen LogP contribution in [0.1, 0.15) is 22.3 Å². The first kappa shape index (κ1) is 17.4. The van der Waals surface area contributed by atoms with Crippen LogP contribution in [0.25, 0.3) is 10.9 Å². The van der Waals surface area contributed by atoms with Crippen LogP contribution in [0.5, 0.6) is 0 Å². The van der Waals surface area contributed by atoms with Gasteiger partial charge in [-0.1, -0.05) is 29.3 Å². The third kappa shape index (κ3) is 3.65. The normalized spacial score (nSPS) is 11.8. The molecule has 5 nitrogen and oxygen atoms in total. The predicted molar refractivity (Wildman–Crippen MR) is 99.2 cm³/mol. The number of aromatic nitrogens is 1. The van der Waals surface area contributed by atoms with Crippen LogP contribution in [0.3, 0.4) is 0 Å². The maximum absolute atomic E-state index is 12.5. The van der Waals surface area contributed by atoms with Crippen LogP contribution in [-0.2, 0) is 16.6 Å². The van der Waals surface area contributed by atoms with Crippen molar-refractivity contribution in [1.29, 1.82) is 0 Å². The molecule has 0 atom stereocenters. The first-order chi connectivity index (χ1) is 11.8. The van der Waals surface area contributed by atoms with Gasteiger partial charge in [-0.25, -0.2) is 13.1 Å². The summed E-state index contributed by atoms with van der Waals surface area (Å²) in [6, 6.07) is 12.6. The number of nitrogens with one attached hydrogen (secondary N) is 2. The molecule has 0 fully saturated rings. The van der Waals surface area contributed by atoms with Crippen LogP contribution >= 0.6 is 0 Å². The van der Waals surface area contributed by atoms with Gasteiger partial charge in [-0.2, -0.15) is 0 Å². The Morgan fingerprint density at radius 1 is 0.960 bits per heavy atom. The minimum absolute atomic E-state index is 0.0606. The maximum atomic E-state index is 12.5. The van der Waals surface area contributed by atoms with Gasteiger partial charge in [-0.15, -0.1) is 0 Å². The highest BCUT2D eigenvalue weighted by Gasteiger charge is 2.17. The van der Waals surface area contributed by atoms with Gasteiger partial charge in [0.2, 0.25) is 10.0 Å². The zero-order valence-corrected chi connectivity index (χ0v) is 15.2. The highest BCUT2D eigenvalue weighted by Crippen LogP contribution is 2.17. The van der Waals surface area contributed by atoms with Crippen LogP contribution in [-0.4, -0.2) is 13.4 Å². The Labute approximate surface area is 146 Å². The second kappa shape index (κ2) is 6.46. The van der Waals surface area contributed by atoms with E-state index in [1.807, 2.05) is 38.1 Å².